The number of aryl methyl sites for hydroxylation is 1. The summed E-state index contributed by atoms with van der Waals surface area (Å²) in [5.74, 6) is 1.73. The van der Waals surface area contributed by atoms with Crippen LogP contribution in [0.1, 0.15) is 31.0 Å². The van der Waals surface area contributed by atoms with Crippen LogP contribution in [-0.4, -0.2) is 51.9 Å². The van der Waals surface area contributed by atoms with Gasteiger partial charge in [0.05, 0.1) is 6.54 Å². The predicted molar refractivity (Wildman–Crippen MR) is 98.4 cm³/mol. The maximum atomic E-state index is 12.6. The molecule has 1 aliphatic rings. The van der Waals surface area contributed by atoms with Gasteiger partial charge in [0, 0.05) is 48.8 Å². The van der Waals surface area contributed by atoms with E-state index >= 15 is 0 Å². The van der Waals surface area contributed by atoms with Crippen LogP contribution in [0.2, 0.25) is 0 Å². The number of aromatic nitrogens is 3. The molecule has 6 heteroatoms. The molecule has 2 aromatic heterocycles. The van der Waals surface area contributed by atoms with Crippen LogP contribution in [0.3, 0.4) is 0 Å². The maximum Gasteiger partial charge on any atom is 0.242 e. The first-order valence-electron chi connectivity index (χ1n) is 8.88. The minimum atomic E-state index is 0.181. The van der Waals surface area contributed by atoms with Gasteiger partial charge in [-0.25, -0.2) is 9.97 Å². The summed E-state index contributed by atoms with van der Waals surface area (Å²) in [6.07, 6.45) is 5.43. The van der Waals surface area contributed by atoms with Gasteiger partial charge in [-0.05, 0) is 38.8 Å². The molecule has 0 bridgehead atoms. The molecule has 2 aromatic rings. The van der Waals surface area contributed by atoms with Gasteiger partial charge in [-0.2, -0.15) is 0 Å². The van der Waals surface area contributed by atoms with Gasteiger partial charge in [-0.1, -0.05) is 6.92 Å². The Morgan fingerprint density at radius 2 is 1.88 bits per heavy atom. The van der Waals surface area contributed by atoms with Crippen LogP contribution in [0.25, 0.3) is 11.4 Å². The molecule has 1 amide bonds. The molecule has 0 atom stereocenters. The molecule has 0 aliphatic carbocycles. The van der Waals surface area contributed by atoms with Crippen molar-refractivity contribution in [2.24, 2.45) is 0 Å². The van der Waals surface area contributed by atoms with Gasteiger partial charge < -0.3 is 9.80 Å². The summed E-state index contributed by atoms with van der Waals surface area (Å²) in [7, 11) is 0. The molecular formula is C19H25N5O. The van der Waals surface area contributed by atoms with Crippen LogP contribution in [-0.2, 0) is 4.79 Å². The van der Waals surface area contributed by atoms with Gasteiger partial charge in [0.25, 0.3) is 0 Å². The van der Waals surface area contributed by atoms with Crippen molar-refractivity contribution in [2.45, 2.75) is 33.6 Å². The van der Waals surface area contributed by atoms with Gasteiger partial charge in [0.2, 0.25) is 5.91 Å². The van der Waals surface area contributed by atoms with E-state index in [0.29, 0.717) is 12.4 Å². The van der Waals surface area contributed by atoms with Crippen molar-refractivity contribution in [1.82, 2.24) is 19.9 Å². The van der Waals surface area contributed by atoms with E-state index in [1.807, 2.05) is 30.9 Å². The molecule has 1 fully saturated rings. The second kappa shape index (κ2) is 7.59. The molecule has 0 N–H and O–H groups in total. The van der Waals surface area contributed by atoms with Crippen molar-refractivity contribution < 1.29 is 4.79 Å². The quantitative estimate of drug-likeness (QED) is 0.857. The lowest BCUT2D eigenvalue weighted by atomic mass is 10.2. The first-order chi connectivity index (χ1) is 12.1. The van der Waals surface area contributed by atoms with Crippen molar-refractivity contribution in [3.05, 3.63) is 35.8 Å². The fraction of sp³-hybridized carbons (Fsp3) is 0.474. The lowest BCUT2D eigenvalue weighted by Gasteiger charge is -2.24. The van der Waals surface area contributed by atoms with Crippen molar-refractivity contribution >= 4 is 11.7 Å². The third-order valence-corrected chi connectivity index (χ3v) is 4.63. The molecule has 0 unspecified atom stereocenters. The van der Waals surface area contributed by atoms with E-state index in [2.05, 4.69) is 21.8 Å². The van der Waals surface area contributed by atoms with Gasteiger partial charge in [0.1, 0.15) is 5.82 Å². The van der Waals surface area contributed by atoms with Gasteiger partial charge in [0.15, 0.2) is 5.82 Å². The largest absolute Gasteiger partial charge is 0.347 e. The summed E-state index contributed by atoms with van der Waals surface area (Å²) in [6.45, 7) is 9.00. The average molecular weight is 339 g/mol. The molecule has 6 nitrogen and oxygen atoms in total. The summed E-state index contributed by atoms with van der Waals surface area (Å²) in [5.41, 5.74) is 2.92. The number of carbonyl (C=O) groups excluding carboxylic acids is 1. The number of anilines is 1. The summed E-state index contributed by atoms with van der Waals surface area (Å²) in [4.78, 5) is 30.1. The Balaban J connectivity index is 1.93. The summed E-state index contributed by atoms with van der Waals surface area (Å²) < 4.78 is 0. The molecule has 0 spiro atoms. The Morgan fingerprint density at radius 1 is 1.12 bits per heavy atom. The number of hydrogen-bond donors (Lipinski definition) is 0. The maximum absolute atomic E-state index is 12.6. The fourth-order valence-electron chi connectivity index (χ4n) is 3.16. The number of hydrogen-bond acceptors (Lipinski definition) is 5. The third kappa shape index (κ3) is 3.78. The zero-order valence-corrected chi connectivity index (χ0v) is 15.2. The molecule has 3 rings (SSSR count). The SMILES string of the molecule is CCCN1CCCN(c2nc(-c3ccncc3)nc(C)c2C)CC1=O. The van der Waals surface area contributed by atoms with Crippen LogP contribution in [0.5, 0.6) is 0 Å². The normalized spacial score (nSPS) is 15.4. The van der Waals surface area contributed by atoms with Crippen molar-refractivity contribution in [3.8, 4) is 11.4 Å². The predicted octanol–water partition coefficient (Wildman–Crippen LogP) is 2.60. The van der Waals surface area contributed by atoms with Crippen molar-refractivity contribution in [2.75, 3.05) is 31.1 Å². The average Bonchev–Trinajstić information content (AvgIpc) is 2.80. The Kier molecular flexibility index (Phi) is 5.26. The number of amides is 1. The Hall–Kier alpha value is -2.50. The lowest BCUT2D eigenvalue weighted by molar-refractivity contribution is -0.129. The van der Waals surface area contributed by atoms with E-state index in [-0.39, 0.29) is 5.91 Å². The smallest absolute Gasteiger partial charge is 0.242 e. The summed E-state index contributed by atoms with van der Waals surface area (Å²) in [6, 6.07) is 3.81. The molecule has 0 saturated carbocycles. The van der Waals surface area contributed by atoms with Gasteiger partial charge in [-0.15, -0.1) is 0 Å². The molecule has 3 heterocycles. The van der Waals surface area contributed by atoms with E-state index in [4.69, 9.17) is 4.98 Å². The summed E-state index contributed by atoms with van der Waals surface area (Å²) in [5, 5.41) is 0. The minimum Gasteiger partial charge on any atom is -0.347 e. The van der Waals surface area contributed by atoms with Gasteiger partial charge >= 0.3 is 0 Å². The Morgan fingerprint density at radius 3 is 2.60 bits per heavy atom. The van der Waals surface area contributed by atoms with E-state index in [1.165, 1.54) is 0 Å². The Bertz CT molecular complexity index is 747. The molecule has 132 valence electrons. The van der Waals surface area contributed by atoms with E-state index in [0.717, 1.165) is 55.1 Å². The lowest BCUT2D eigenvalue weighted by Crippen LogP contribution is -2.37. The van der Waals surface area contributed by atoms with Crippen LogP contribution in [0.15, 0.2) is 24.5 Å². The van der Waals surface area contributed by atoms with E-state index in [1.54, 1.807) is 12.4 Å². The van der Waals surface area contributed by atoms with Crippen LogP contribution in [0, 0.1) is 13.8 Å². The molecule has 0 radical (unpaired) electrons. The molecule has 1 aliphatic heterocycles. The third-order valence-electron chi connectivity index (χ3n) is 4.63. The second-order valence-corrected chi connectivity index (χ2v) is 6.47. The first-order valence-corrected chi connectivity index (χ1v) is 8.88. The molecular weight excluding hydrogens is 314 g/mol. The highest BCUT2D eigenvalue weighted by molar-refractivity contribution is 5.82. The number of carbonyl (C=O) groups is 1. The standard InChI is InChI=1S/C19H25N5O/c1-4-10-23-11-5-12-24(13-17(23)25)19-14(2)15(3)21-18(22-19)16-6-8-20-9-7-16/h6-9H,4-5,10-13H2,1-3H3. The van der Waals surface area contributed by atoms with E-state index in [9.17, 15) is 4.79 Å². The topological polar surface area (TPSA) is 62.2 Å². The summed E-state index contributed by atoms with van der Waals surface area (Å²) >= 11 is 0. The van der Waals surface area contributed by atoms with E-state index < -0.39 is 0 Å². The number of pyridine rings is 1. The van der Waals surface area contributed by atoms with Crippen LogP contribution >= 0.6 is 0 Å². The van der Waals surface area contributed by atoms with Crippen LogP contribution in [0.4, 0.5) is 5.82 Å². The van der Waals surface area contributed by atoms with Gasteiger partial charge in [-0.3, -0.25) is 9.78 Å². The molecule has 1 saturated heterocycles. The monoisotopic (exact) mass is 339 g/mol. The van der Waals surface area contributed by atoms with Crippen LogP contribution < -0.4 is 4.90 Å². The highest BCUT2D eigenvalue weighted by Crippen LogP contribution is 2.25. The minimum absolute atomic E-state index is 0.181. The Labute approximate surface area is 148 Å². The molecule has 25 heavy (non-hydrogen) atoms. The zero-order chi connectivity index (χ0) is 17.8. The highest BCUT2D eigenvalue weighted by atomic mass is 16.2. The second-order valence-electron chi connectivity index (χ2n) is 6.47. The molecule has 0 aromatic carbocycles. The first kappa shape index (κ1) is 17.3. The fourth-order valence-corrected chi connectivity index (χ4v) is 3.16. The zero-order valence-electron chi connectivity index (χ0n) is 15.2. The number of rotatable bonds is 4. The van der Waals surface area contributed by atoms with Crippen molar-refractivity contribution in [3.63, 3.8) is 0 Å². The van der Waals surface area contributed by atoms with Crippen molar-refractivity contribution in [1.29, 1.82) is 0 Å². The highest BCUT2D eigenvalue weighted by Gasteiger charge is 2.24. The number of nitrogens with zero attached hydrogens (tertiary/aromatic N) is 5.